The topological polar surface area (TPSA) is 48.3 Å². The first kappa shape index (κ1) is 18.2. The van der Waals surface area contributed by atoms with E-state index in [1.165, 1.54) is 0 Å². The molecule has 0 bridgehead atoms. The van der Waals surface area contributed by atoms with Gasteiger partial charge in [0, 0.05) is 12.4 Å². The van der Waals surface area contributed by atoms with Crippen LogP contribution in [0.25, 0.3) is 0 Å². The summed E-state index contributed by atoms with van der Waals surface area (Å²) < 4.78 is 0. The molecule has 1 aromatic heterocycles. The highest BCUT2D eigenvalue weighted by Gasteiger charge is 2.21. The summed E-state index contributed by atoms with van der Waals surface area (Å²) in [7, 11) is 0. The Bertz CT molecular complexity index is 720. The molecule has 0 saturated carbocycles. The Hall–Kier alpha value is -2.16. The molecule has 24 heavy (non-hydrogen) atoms. The lowest BCUT2D eigenvalue weighted by molar-refractivity contribution is -0.270. The third-order valence-electron chi connectivity index (χ3n) is 4.00. The third kappa shape index (κ3) is 4.44. The number of hydrogen-bond acceptors (Lipinski definition) is 3. The van der Waals surface area contributed by atoms with Gasteiger partial charge in [0.15, 0.2) is 0 Å². The summed E-state index contributed by atoms with van der Waals surface area (Å²) in [5.74, 6) is 0.0697. The maximum atomic E-state index is 12.8. The van der Waals surface area contributed by atoms with E-state index in [2.05, 4.69) is 57.6 Å². The first-order valence-corrected chi connectivity index (χ1v) is 8.35. The van der Waals surface area contributed by atoms with Crippen LogP contribution >= 0.6 is 0 Å². The predicted molar refractivity (Wildman–Crippen MR) is 98.8 cm³/mol. The number of pyridine rings is 1. The Kier molecular flexibility index (Phi) is 5.12. The van der Waals surface area contributed by atoms with Crippen molar-refractivity contribution in [2.24, 2.45) is 4.99 Å². The molecule has 2 aromatic rings. The van der Waals surface area contributed by atoms with E-state index in [1.54, 1.807) is 12.4 Å². The second-order valence-electron chi connectivity index (χ2n) is 8.23. The Labute approximate surface area is 145 Å². The number of benzene rings is 1. The van der Waals surface area contributed by atoms with Gasteiger partial charge in [0.05, 0.1) is 12.2 Å². The normalized spacial score (nSPS) is 12.8. The van der Waals surface area contributed by atoms with Crippen LogP contribution in [0.4, 0.5) is 0 Å². The summed E-state index contributed by atoms with van der Waals surface area (Å²) in [4.78, 5) is 8.69. The van der Waals surface area contributed by atoms with E-state index in [-0.39, 0.29) is 16.6 Å². The van der Waals surface area contributed by atoms with Crippen molar-refractivity contribution in [3.63, 3.8) is 0 Å². The van der Waals surface area contributed by atoms with Crippen LogP contribution in [0.1, 0.15) is 63.9 Å². The summed E-state index contributed by atoms with van der Waals surface area (Å²) in [6.45, 7) is 13.2. The SMILES string of the molecule is CC(C)(C)c1cc(C=NCc2ccccn2)c([O-])c(C(C)(C)C)c1. The van der Waals surface area contributed by atoms with Crippen molar-refractivity contribution in [3.05, 3.63) is 58.9 Å². The van der Waals surface area contributed by atoms with Crippen molar-refractivity contribution in [3.8, 4) is 5.75 Å². The van der Waals surface area contributed by atoms with Gasteiger partial charge in [-0.2, -0.15) is 0 Å². The maximum absolute atomic E-state index is 12.8. The van der Waals surface area contributed by atoms with Crippen molar-refractivity contribution in [1.29, 1.82) is 0 Å². The molecule has 0 atom stereocenters. The molecule has 0 aliphatic rings. The van der Waals surface area contributed by atoms with Crippen LogP contribution in [0, 0.1) is 0 Å². The van der Waals surface area contributed by atoms with Crippen LogP contribution in [0.15, 0.2) is 41.5 Å². The van der Waals surface area contributed by atoms with Crippen LogP contribution in [0.5, 0.6) is 5.75 Å². The van der Waals surface area contributed by atoms with Crippen LogP contribution < -0.4 is 5.11 Å². The maximum Gasteiger partial charge on any atom is 0.0811 e. The Balaban J connectivity index is 2.41. The molecule has 0 saturated heterocycles. The second kappa shape index (κ2) is 6.76. The van der Waals surface area contributed by atoms with E-state index >= 15 is 0 Å². The summed E-state index contributed by atoms with van der Waals surface area (Å²) >= 11 is 0. The van der Waals surface area contributed by atoms with Gasteiger partial charge in [-0.3, -0.25) is 9.98 Å². The van der Waals surface area contributed by atoms with Gasteiger partial charge in [0.25, 0.3) is 0 Å². The van der Waals surface area contributed by atoms with Crippen molar-refractivity contribution in [2.75, 3.05) is 0 Å². The van der Waals surface area contributed by atoms with Gasteiger partial charge in [-0.05, 0) is 39.7 Å². The lowest BCUT2D eigenvalue weighted by Crippen LogP contribution is -2.20. The molecule has 0 N–H and O–H groups in total. The Morgan fingerprint density at radius 2 is 1.75 bits per heavy atom. The summed E-state index contributed by atoms with van der Waals surface area (Å²) in [5, 5.41) is 12.8. The zero-order valence-electron chi connectivity index (χ0n) is 15.6. The quantitative estimate of drug-likeness (QED) is 0.788. The summed E-state index contributed by atoms with van der Waals surface area (Å²) in [6, 6.07) is 9.78. The highest BCUT2D eigenvalue weighted by Crippen LogP contribution is 2.35. The number of rotatable bonds is 3. The van der Waals surface area contributed by atoms with Crippen LogP contribution in [0.2, 0.25) is 0 Å². The molecule has 1 aromatic carbocycles. The molecular formula is C21H27N2O-. The van der Waals surface area contributed by atoms with Crippen LogP contribution in [0.3, 0.4) is 0 Å². The zero-order valence-corrected chi connectivity index (χ0v) is 15.6. The fraction of sp³-hybridized carbons (Fsp3) is 0.429. The Morgan fingerprint density at radius 3 is 2.29 bits per heavy atom. The molecule has 0 radical (unpaired) electrons. The molecular weight excluding hydrogens is 296 g/mol. The first-order valence-electron chi connectivity index (χ1n) is 8.35. The predicted octanol–water partition coefficient (Wildman–Crippen LogP) is 4.37. The monoisotopic (exact) mass is 323 g/mol. The minimum Gasteiger partial charge on any atom is -0.872 e. The summed E-state index contributed by atoms with van der Waals surface area (Å²) in [6.07, 6.45) is 3.45. The fourth-order valence-electron chi connectivity index (χ4n) is 2.47. The number of nitrogens with zero attached hydrogens (tertiary/aromatic N) is 2. The minimum atomic E-state index is -0.193. The Morgan fingerprint density at radius 1 is 1.04 bits per heavy atom. The van der Waals surface area contributed by atoms with Gasteiger partial charge in [0.1, 0.15) is 0 Å². The second-order valence-corrected chi connectivity index (χ2v) is 8.23. The molecule has 2 rings (SSSR count). The molecule has 0 spiro atoms. The highest BCUT2D eigenvalue weighted by atomic mass is 16.3. The van der Waals surface area contributed by atoms with Crippen LogP contribution in [-0.4, -0.2) is 11.2 Å². The van der Waals surface area contributed by atoms with Gasteiger partial charge in [0.2, 0.25) is 0 Å². The number of hydrogen-bond donors (Lipinski definition) is 0. The molecule has 128 valence electrons. The minimum absolute atomic E-state index is 0.0166. The average molecular weight is 323 g/mol. The lowest BCUT2D eigenvalue weighted by Gasteiger charge is -2.31. The van der Waals surface area contributed by atoms with Gasteiger partial charge >= 0.3 is 0 Å². The van der Waals surface area contributed by atoms with Crippen molar-refractivity contribution in [2.45, 2.75) is 58.9 Å². The smallest absolute Gasteiger partial charge is 0.0811 e. The number of aromatic nitrogens is 1. The molecule has 0 unspecified atom stereocenters. The summed E-state index contributed by atoms with van der Waals surface area (Å²) in [5.41, 5.74) is 3.34. The third-order valence-corrected chi connectivity index (χ3v) is 4.00. The molecule has 0 aliphatic heterocycles. The first-order chi connectivity index (χ1) is 11.1. The van der Waals surface area contributed by atoms with Gasteiger partial charge in [-0.15, -0.1) is 0 Å². The van der Waals surface area contributed by atoms with Crippen LogP contribution in [-0.2, 0) is 17.4 Å². The molecule has 0 aliphatic carbocycles. The number of aliphatic imine (C=N–C) groups is 1. The molecule has 3 nitrogen and oxygen atoms in total. The largest absolute Gasteiger partial charge is 0.872 e. The molecule has 0 fully saturated rings. The van der Waals surface area contributed by atoms with E-state index in [1.807, 2.05) is 24.3 Å². The van der Waals surface area contributed by atoms with E-state index in [0.29, 0.717) is 12.1 Å². The van der Waals surface area contributed by atoms with E-state index in [4.69, 9.17) is 0 Å². The van der Waals surface area contributed by atoms with E-state index < -0.39 is 0 Å². The van der Waals surface area contributed by atoms with E-state index in [9.17, 15) is 5.11 Å². The standard InChI is InChI=1S/C21H28N2O/c1-20(2,3)16-11-15(19(24)18(12-16)21(4,5)6)13-22-14-17-9-7-8-10-23-17/h7-13,24H,14H2,1-6H3/p-1. The molecule has 0 amide bonds. The van der Waals surface area contributed by atoms with Gasteiger partial charge in [-0.25, -0.2) is 0 Å². The zero-order chi connectivity index (χ0) is 18.0. The van der Waals surface area contributed by atoms with Crippen molar-refractivity contribution >= 4 is 6.21 Å². The van der Waals surface area contributed by atoms with Crippen molar-refractivity contribution < 1.29 is 5.11 Å². The lowest BCUT2D eigenvalue weighted by atomic mass is 9.79. The fourth-order valence-corrected chi connectivity index (χ4v) is 2.47. The van der Waals surface area contributed by atoms with Gasteiger partial charge < -0.3 is 5.11 Å². The molecule has 3 heteroatoms. The van der Waals surface area contributed by atoms with Crippen molar-refractivity contribution in [1.82, 2.24) is 4.98 Å². The highest BCUT2D eigenvalue weighted by molar-refractivity contribution is 5.84. The van der Waals surface area contributed by atoms with Gasteiger partial charge in [-0.1, -0.05) is 65.5 Å². The van der Waals surface area contributed by atoms with E-state index in [0.717, 1.165) is 16.8 Å². The molecule has 1 heterocycles. The average Bonchev–Trinajstić information content (AvgIpc) is 2.47.